The number of thiazole rings is 1. The predicted octanol–water partition coefficient (Wildman–Crippen LogP) is 4.68. The van der Waals surface area contributed by atoms with Gasteiger partial charge in [0.1, 0.15) is 17.1 Å². The van der Waals surface area contributed by atoms with Crippen molar-refractivity contribution in [1.82, 2.24) is 20.1 Å². The van der Waals surface area contributed by atoms with Crippen LogP contribution >= 0.6 is 11.3 Å². The molecule has 6 nitrogen and oxygen atoms in total. The summed E-state index contributed by atoms with van der Waals surface area (Å²) in [6.07, 6.45) is -1.51. The van der Waals surface area contributed by atoms with Gasteiger partial charge in [0.05, 0.1) is 11.1 Å². The van der Waals surface area contributed by atoms with Crippen LogP contribution in [-0.2, 0) is 4.79 Å². The molecule has 0 radical (unpaired) electrons. The van der Waals surface area contributed by atoms with Gasteiger partial charge in [-0.3, -0.25) is 0 Å². The minimum absolute atomic E-state index is 0.0335. The summed E-state index contributed by atoms with van der Waals surface area (Å²) in [6, 6.07) is 1.98. The molecule has 0 atom stereocenters. The zero-order chi connectivity index (χ0) is 22.3. The molecule has 0 amide bonds. The average Bonchev–Trinajstić information content (AvgIpc) is 3.35. The molecule has 1 N–H and O–H groups in total. The number of halogens is 4. The van der Waals surface area contributed by atoms with Crippen LogP contribution < -0.4 is 10.1 Å². The van der Waals surface area contributed by atoms with Crippen molar-refractivity contribution >= 4 is 28.2 Å². The number of aromatic nitrogens is 3. The quantitative estimate of drug-likeness (QED) is 0.351. The van der Waals surface area contributed by atoms with Gasteiger partial charge in [-0.25, -0.2) is 18.9 Å². The van der Waals surface area contributed by atoms with Crippen molar-refractivity contribution in [1.29, 1.82) is 0 Å². The zero-order valence-electron chi connectivity index (χ0n) is 16.8. The minimum atomic E-state index is -5.17. The molecule has 0 saturated carbocycles. The summed E-state index contributed by atoms with van der Waals surface area (Å²) in [4.78, 5) is 16.9. The number of nitrogens with zero attached hydrogens (tertiary/aromatic N) is 3. The number of hydrogen-bond donors (Lipinski definition) is 1. The summed E-state index contributed by atoms with van der Waals surface area (Å²) in [5, 5.41) is 8.19. The molecule has 3 aromatic rings. The van der Waals surface area contributed by atoms with Crippen molar-refractivity contribution in [2.24, 2.45) is 0 Å². The van der Waals surface area contributed by atoms with Crippen molar-refractivity contribution in [2.45, 2.75) is 44.7 Å². The molecule has 1 fully saturated rings. The normalized spacial score (nSPS) is 15.7. The molecule has 4 rings (SSSR count). The number of ether oxygens (including phenoxy) is 1. The summed E-state index contributed by atoms with van der Waals surface area (Å²) < 4.78 is 59.0. The summed E-state index contributed by atoms with van der Waals surface area (Å²) in [6.45, 7) is 5.36. The molecule has 166 valence electrons. The Bertz CT molecular complexity index is 1120. The molecule has 0 spiro atoms. The molecule has 1 aliphatic rings. The Morgan fingerprint density at radius 2 is 2.00 bits per heavy atom. The van der Waals surface area contributed by atoms with Gasteiger partial charge in [-0.15, -0.1) is 0 Å². The Balaban J connectivity index is 1.83. The van der Waals surface area contributed by atoms with Gasteiger partial charge in [0.2, 0.25) is 5.13 Å². The van der Waals surface area contributed by atoms with Gasteiger partial charge in [-0.1, -0.05) is 25.2 Å². The molecule has 31 heavy (non-hydrogen) atoms. The summed E-state index contributed by atoms with van der Waals surface area (Å²) >= 11 is 1.37. The number of hydrogen-bond acceptors (Lipinski definition) is 6. The second-order valence-electron chi connectivity index (χ2n) is 7.68. The van der Waals surface area contributed by atoms with Crippen molar-refractivity contribution < 1.29 is 27.1 Å². The summed E-state index contributed by atoms with van der Waals surface area (Å²) in [5.74, 6) is -3.38. The number of piperidine rings is 1. The number of fused-ring (bicyclic) bond motifs is 1. The van der Waals surface area contributed by atoms with Crippen molar-refractivity contribution in [3.05, 3.63) is 34.7 Å². The van der Waals surface area contributed by atoms with E-state index < -0.39 is 18.0 Å². The first-order chi connectivity index (χ1) is 14.7. The van der Waals surface area contributed by atoms with Crippen LogP contribution in [0.4, 0.5) is 17.6 Å². The van der Waals surface area contributed by atoms with Crippen LogP contribution in [-0.4, -0.2) is 40.0 Å². The molecule has 2 aromatic heterocycles. The second-order valence-corrected chi connectivity index (χ2v) is 8.72. The van der Waals surface area contributed by atoms with Gasteiger partial charge in [0, 0.05) is 11.1 Å². The third-order valence-corrected chi connectivity index (χ3v) is 6.32. The Hall–Kier alpha value is -2.53. The van der Waals surface area contributed by atoms with Crippen molar-refractivity contribution in [2.75, 3.05) is 13.1 Å². The molecule has 1 aliphatic heterocycles. The fourth-order valence-corrected chi connectivity index (χ4v) is 4.71. The van der Waals surface area contributed by atoms with Crippen LogP contribution in [0.2, 0.25) is 0 Å². The molecular weight excluding hydrogens is 436 g/mol. The lowest BCUT2D eigenvalue weighted by Crippen LogP contribution is -2.28. The highest BCUT2D eigenvalue weighted by Crippen LogP contribution is 2.38. The Morgan fingerprint density at radius 1 is 1.29 bits per heavy atom. The minimum Gasteiger partial charge on any atom is -0.419 e. The van der Waals surface area contributed by atoms with E-state index in [1.54, 1.807) is 20.0 Å². The van der Waals surface area contributed by atoms with Gasteiger partial charge in [0.15, 0.2) is 0 Å². The topological polar surface area (TPSA) is 69.0 Å². The van der Waals surface area contributed by atoms with Crippen LogP contribution in [0, 0.1) is 5.82 Å². The predicted molar refractivity (Wildman–Crippen MR) is 107 cm³/mol. The van der Waals surface area contributed by atoms with Crippen LogP contribution in [0.5, 0.6) is 5.75 Å². The summed E-state index contributed by atoms with van der Waals surface area (Å²) in [7, 11) is 0. The van der Waals surface area contributed by atoms with E-state index in [0.717, 1.165) is 42.9 Å². The molecule has 0 unspecified atom stereocenters. The van der Waals surface area contributed by atoms with Crippen LogP contribution in [0.3, 0.4) is 0 Å². The van der Waals surface area contributed by atoms with Crippen molar-refractivity contribution in [3.63, 3.8) is 0 Å². The third kappa shape index (κ3) is 4.16. The lowest BCUT2D eigenvalue weighted by Gasteiger charge is -2.20. The zero-order valence-corrected chi connectivity index (χ0v) is 17.6. The van der Waals surface area contributed by atoms with E-state index in [4.69, 9.17) is 0 Å². The molecule has 0 bridgehead atoms. The van der Waals surface area contributed by atoms with Crippen LogP contribution in [0.15, 0.2) is 18.3 Å². The van der Waals surface area contributed by atoms with E-state index in [1.165, 1.54) is 16.0 Å². The maximum absolute atomic E-state index is 14.9. The van der Waals surface area contributed by atoms with Crippen LogP contribution in [0.1, 0.15) is 49.1 Å². The molecular formula is C20H20F4N4O2S. The van der Waals surface area contributed by atoms with Gasteiger partial charge >= 0.3 is 12.1 Å². The number of esters is 1. The molecule has 3 heterocycles. The lowest BCUT2D eigenvalue weighted by molar-refractivity contribution is -0.189. The Kier molecular flexibility index (Phi) is 5.73. The number of benzene rings is 1. The first-order valence-electron chi connectivity index (χ1n) is 9.83. The highest BCUT2D eigenvalue weighted by Gasteiger charge is 2.42. The SMILES string of the molecule is CC(C)c1nn(-c2ncc(C3CCNCC3)s2)c2c(F)ccc(OC(=O)C(F)(F)F)c12. The van der Waals surface area contributed by atoms with E-state index in [9.17, 15) is 22.4 Å². The molecule has 0 aliphatic carbocycles. The first-order valence-corrected chi connectivity index (χ1v) is 10.7. The third-order valence-electron chi connectivity index (χ3n) is 5.18. The molecule has 11 heteroatoms. The fraction of sp³-hybridized carbons (Fsp3) is 0.450. The first kappa shape index (κ1) is 21.7. The van der Waals surface area contributed by atoms with E-state index in [1.807, 2.05) is 0 Å². The smallest absolute Gasteiger partial charge is 0.419 e. The van der Waals surface area contributed by atoms with E-state index in [0.29, 0.717) is 16.7 Å². The molecule has 1 aromatic carbocycles. The van der Waals surface area contributed by atoms with Crippen LogP contribution in [0.25, 0.3) is 16.0 Å². The largest absolute Gasteiger partial charge is 0.491 e. The van der Waals surface area contributed by atoms with Gasteiger partial charge < -0.3 is 10.1 Å². The highest BCUT2D eigenvalue weighted by molar-refractivity contribution is 7.14. The maximum Gasteiger partial charge on any atom is 0.491 e. The number of carbonyl (C=O) groups is 1. The second kappa shape index (κ2) is 8.19. The number of nitrogens with one attached hydrogen (secondary N) is 1. The Labute approximate surface area is 179 Å². The highest BCUT2D eigenvalue weighted by atomic mass is 32.1. The standard InChI is InChI=1S/C20H20F4N4O2S/c1-10(2)16-15-13(30-18(29)20(22,23)24)4-3-12(21)17(15)28(27-16)19-26-9-14(31-19)11-5-7-25-8-6-11/h3-4,9-11,25H,5-8H2,1-2H3. The van der Waals surface area contributed by atoms with Gasteiger partial charge in [0.25, 0.3) is 0 Å². The molecule has 1 saturated heterocycles. The average molecular weight is 456 g/mol. The van der Waals surface area contributed by atoms with E-state index >= 15 is 0 Å². The summed E-state index contributed by atoms with van der Waals surface area (Å²) in [5.41, 5.74) is 0.250. The number of rotatable bonds is 4. The van der Waals surface area contributed by atoms with Crippen molar-refractivity contribution in [3.8, 4) is 10.9 Å². The monoisotopic (exact) mass is 456 g/mol. The van der Waals surface area contributed by atoms with Gasteiger partial charge in [-0.2, -0.15) is 18.3 Å². The van der Waals surface area contributed by atoms with E-state index in [-0.39, 0.29) is 22.6 Å². The lowest BCUT2D eigenvalue weighted by atomic mass is 9.97. The fourth-order valence-electron chi connectivity index (χ4n) is 3.66. The Morgan fingerprint density at radius 3 is 2.65 bits per heavy atom. The van der Waals surface area contributed by atoms with E-state index in [2.05, 4.69) is 20.1 Å². The van der Waals surface area contributed by atoms with Gasteiger partial charge in [-0.05, 0) is 49.9 Å². The number of alkyl halides is 3. The number of carbonyl (C=O) groups excluding carboxylic acids is 1. The maximum atomic E-state index is 14.9.